The molecule has 5 nitrogen and oxygen atoms in total. The van der Waals surface area contributed by atoms with E-state index in [2.05, 4.69) is 0 Å². The molecule has 36 heavy (non-hydrogen) atoms. The van der Waals surface area contributed by atoms with Crippen molar-refractivity contribution in [1.82, 2.24) is 9.47 Å². The summed E-state index contributed by atoms with van der Waals surface area (Å²) in [6, 6.07) is 5.22. The Bertz CT molecular complexity index is 1310. The van der Waals surface area contributed by atoms with Gasteiger partial charge in [0.25, 0.3) is 0 Å². The zero-order chi connectivity index (χ0) is 26.2. The average molecular weight is 508 g/mol. The molecule has 0 aliphatic heterocycles. The van der Waals surface area contributed by atoms with Crippen LogP contribution in [0, 0.1) is 17.6 Å². The molecular weight excluding hydrogens is 483 g/mol. The lowest BCUT2D eigenvalue weighted by molar-refractivity contribution is -0.143. The quantitative estimate of drug-likeness (QED) is 0.280. The molecule has 1 saturated carbocycles. The van der Waals surface area contributed by atoms with Crippen LogP contribution in [0.25, 0.3) is 22.0 Å². The van der Waals surface area contributed by atoms with Crippen LogP contribution in [0.3, 0.4) is 0 Å². The maximum atomic E-state index is 15.1. The van der Waals surface area contributed by atoms with Crippen LogP contribution < -0.4 is 0 Å². The predicted octanol–water partition coefficient (Wildman–Crippen LogP) is 5.93. The number of amides is 1. The SMILES string of the molecule is CCOC(=O)Cn1cc(-c2ccc(C(F)(F)F)cc2CN(CC)C(=O)C2CC2)c2c(F)c(F)ccc21. The van der Waals surface area contributed by atoms with Gasteiger partial charge in [-0.15, -0.1) is 0 Å². The van der Waals surface area contributed by atoms with E-state index in [4.69, 9.17) is 4.74 Å². The van der Waals surface area contributed by atoms with Gasteiger partial charge in [0, 0.05) is 36.2 Å². The van der Waals surface area contributed by atoms with Gasteiger partial charge in [-0.1, -0.05) is 6.07 Å². The maximum absolute atomic E-state index is 15.1. The number of halogens is 5. The van der Waals surface area contributed by atoms with Gasteiger partial charge in [-0.2, -0.15) is 13.2 Å². The lowest BCUT2D eigenvalue weighted by Gasteiger charge is -2.23. The highest BCUT2D eigenvalue weighted by atomic mass is 19.4. The van der Waals surface area contributed by atoms with Crippen molar-refractivity contribution < 1.29 is 36.3 Å². The fourth-order valence-corrected chi connectivity index (χ4v) is 4.31. The van der Waals surface area contributed by atoms with Crippen LogP contribution in [0.2, 0.25) is 0 Å². The van der Waals surface area contributed by atoms with Crippen molar-refractivity contribution in [2.75, 3.05) is 13.2 Å². The topological polar surface area (TPSA) is 51.5 Å². The number of esters is 1. The van der Waals surface area contributed by atoms with Crippen LogP contribution in [-0.4, -0.2) is 34.5 Å². The second-order valence-electron chi connectivity index (χ2n) is 8.73. The molecule has 192 valence electrons. The van der Waals surface area contributed by atoms with Gasteiger partial charge in [-0.25, -0.2) is 8.78 Å². The van der Waals surface area contributed by atoms with Gasteiger partial charge in [0.05, 0.1) is 17.7 Å². The molecule has 0 unspecified atom stereocenters. The van der Waals surface area contributed by atoms with Gasteiger partial charge in [0.2, 0.25) is 5.91 Å². The molecule has 1 heterocycles. The third kappa shape index (κ3) is 5.08. The van der Waals surface area contributed by atoms with Crippen molar-refractivity contribution in [2.24, 2.45) is 5.92 Å². The van der Waals surface area contributed by atoms with E-state index in [0.29, 0.717) is 0 Å². The van der Waals surface area contributed by atoms with Gasteiger partial charge >= 0.3 is 12.1 Å². The molecule has 4 rings (SSSR count). The van der Waals surface area contributed by atoms with E-state index in [0.717, 1.165) is 31.0 Å². The number of fused-ring (bicyclic) bond motifs is 1. The molecule has 0 saturated heterocycles. The number of hydrogen-bond donors (Lipinski definition) is 0. The second-order valence-corrected chi connectivity index (χ2v) is 8.73. The van der Waals surface area contributed by atoms with E-state index in [1.807, 2.05) is 0 Å². The third-order valence-corrected chi connectivity index (χ3v) is 6.25. The number of rotatable bonds is 8. The first-order valence-corrected chi connectivity index (χ1v) is 11.7. The number of hydrogen-bond acceptors (Lipinski definition) is 3. The molecule has 0 atom stereocenters. The smallest absolute Gasteiger partial charge is 0.416 e. The van der Waals surface area contributed by atoms with Crippen LogP contribution in [0.5, 0.6) is 0 Å². The number of carbonyl (C=O) groups is 2. The van der Waals surface area contributed by atoms with E-state index < -0.39 is 29.3 Å². The summed E-state index contributed by atoms with van der Waals surface area (Å²) >= 11 is 0. The first-order valence-electron chi connectivity index (χ1n) is 11.7. The Morgan fingerprint density at radius 1 is 1.08 bits per heavy atom. The minimum atomic E-state index is -4.64. The number of carbonyl (C=O) groups excluding carboxylic acids is 2. The van der Waals surface area contributed by atoms with Crippen molar-refractivity contribution in [3.05, 3.63) is 59.3 Å². The number of aromatic nitrogens is 1. The van der Waals surface area contributed by atoms with Gasteiger partial charge in [-0.05, 0) is 62.1 Å². The van der Waals surface area contributed by atoms with Crippen molar-refractivity contribution >= 4 is 22.8 Å². The summed E-state index contributed by atoms with van der Waals surface area (Å²) in [6.07, 6.45) is -1.78. The van der Waals surface area contributed by atoms with E-state index in [1.165, 1.54) is 27.8 Å². The Balaban J connectivity index is 1.89. The number of alkyl halides is 3. The molecule has 0 bridgehead atoms. The summed E-state index contributed by atoms with van der Waals surface area (Å²) in [5.74, 6) is -3.21. The fourth-order valence-electron chi connectivity index (χ4n) is 4.31. The van der Waals surface area contributed by atoms with Gasteiger partial charge in [0.1, 0.15) is 6.54 Å². The van der Waals surface area contributed by atoms with Crippen LogP contribution in [-0.2, 0) is 33.6 Å². The minimum Gasteiger partial charge on any atom is -0.465 e. The lowest BCUT2D eigenvalue weighted by Crippen LogP contribution is -2.31. The monoisotopic (exact) mass is 508 g/mol. The van der Waals surface area contributed by atoms with E-state index in [9.17, 15) is 27.2 Å². The number of nitrogens with zero attached hydrogens (tertiary/aromatic N) is 2. The van der Waals surface area contributed by atoms with Gasteiger partial charge in [-0.3, -0.25) is 9.59 Å². The van der Waals surface area contributed by atoms with E-state index in [-0.39, 0.29) is 65.7 Å². The van der Waals surface area contributed by atoms with E-state index in [1.54, 1.807) is 13.8 Å². The highest BCUT2D eigenvalue weighted by molar-refractivity contribution is 5.98. The summed E-state index contributed by atoms with van der Waals surface area (Å²) in [7, 11) is 0. The highest BCUT2D eigenvalue weighted by Crippen LogP contribution is 2.39. The summed E-state index contributed by atoms with van der Waals surface area (Å²) < 4.78 is 76.3. The number of ether oxygens (including phenoxy) is 1. The van der Waals surface area contributed by atoms with Crippen LogP contribution in [0.1, 0.15) is 37.8 Å². The first kappa shape index (κ1) is 25.7. The maximum Gasteiger partial charge on any atom is 0.416 e. The average Bonchev–Trinajstić information content (AvgIpc) is 3.61. The molecule has 1 aliphatic rings. The highest BCUT2D eigenvalue weighted by Gasteiger charge is 2.35. The van der Waals surface area contributed by atoms with Crippen LogP contribution >= 0.6 is 0 Å². The van der Waals surface area contributed by atoms with Crippen molar-refractivity contribution in [2.45, 2.75) is 46.0 Å². The van der Waals surface area contributed by atoms with Crippen molar-refractivity contribution in [1.29, 1.82) is 0 Å². The molecule has 0 spiro atoms. The van der Waals surface area contributed by atoms with E-state index >= 15 is 4.39 Å². The predicted molar refractivity (Wildman–Crippen MR) is 123 cm³/mol. The minimum absolute atomic E-state index is 0.116. The molecule has 1 aromatic heterocycles. The Labute approximate surface area is 204 Å². The fraction of sp³-hybridized carbons (Fsp3) is 0.385. The first-order chi connectivity index (χ1) is 17.0. The summed E-state index contributed by atoms with van der Waals surface area (Å²) in [6.45, 7) is 3.33. The summed E-state index contributed by atoms with van der Waals surface area (Å²) in [5, 5.41) is -0.170. The molecule has 1 amide bonds. The summed E-state index contributed by atoms with van der Waals surface area (Å²) in [4.78, 5) is 26.3. The third-order valence-electron chi connectivity index (χ3n) is 6.25. The normalized spacial score (nSPS) is 13.8. The number of benzene rings is 2. The molecule has 1 aliphatic carbocycles. The largest absolute Gasteiger partial charge is 0.465 e. The molecule has 0 radical (unpaired) electrons. The molecule has 0 N–H and O–H groups in total. The second kappa shape index (κ2) is 9.91. The Morgan fingerprint density at radius 3 is 2.42 bits per heavy atom. The van der Waals surface area contributed by atoms with Crippen molar-refractivity contribution in [3.63, 3.8) is 0 Å². The molecular formula is C26H25F5N2O3. The molecule has 2 aromatic carbocycles. The Morgan fingerprint density at radius 2 is 1.81 bits per heavy atom. The van der Waals surface area contributed by atoms with Crippen LogP contribution in [0.15, 0.2) is 36.5 Å². The molecule has 3 aromatic rings. The van der Waals surface area contributed by atoms with Gasteiger partial charge in [0.15, 0.2) is 11.6 Å². The lowest BCUT2D eigenvalue weighted by atomic mass is 9.96. The zero-order valence-corrected chi connectivity index (χ0v) is 19.8. The van der Waals surface area contributed by atoms with Gasteiger partial charge < -0.3 is 14.2 Å². The van der Waals surface area contributed by atoms with Crippen LogP contribution in [0.4, 0.5) is 22.0 Å². The molecule has 1 fully saturated rings. The van der Waals surface area contributed by atoms with Crippen molar-refractivity contribution in [3.8, 4) is 11.1 Å². The molecule has 10 heteroatoms. The Kier molecular flexibility index (Phi) is 7.06. The summed E-state index contributed by atoms with van der Waals surface area (Å²) in [5.41, 5.74) is -0.270. The zero-order valence-electron chi connectivity index (χ0n) is 19.8. The Hall–Kier alpha value is -3.43. The standard InChI is InChI=1S/C26H25F5N2O3/c1-3-32(25(35)15-5-6-15)12-16-11-17(26(29,30)31)7-8-18(16)19-13-33(14-22(34)36-4-2)21-10-9-20(27)24(28)23(19)21/h7-11,13,15H,3-6,12,14H2,1-2H3.